The SMILES string of the molecule is CCCCCCCC/C=C/CCCCCCCCN(CCCCN(CCCCCCCC/C=C/CCCCCCCC)CCCNC(=O)C(CCNCCCN)NCCCN)CCCNC(=O)C(CCCNCCCN)NCCCN. The third-order valence-electron chi connectivity index (χ3n) is 15.8. The standard InChI is InChI=1S/C67H140N12O2/c1-3-5-7-9-11-13-15-17-19-21-23-25-27-29-31-33-58-78(62-42-55-76-66(80)64(74-53-40-48-70)44-37-50-72-51-38-46-68)60-35-36-61-79(59-34-32-30-28-26-24-22-20-18-16-14-12-10-8-6-4-2)63-43-56-77-67(81)65(75-54-41-49-71)45-57-73-52-39-47-69/h17-20,64-65,72-75H,3-16,21-63,68-71H2,1-2H3,(H,76,80)(H,77,81)/b19-17+,20-18+. The second-order valence-corrected chi connectivity index (χ2v) is 23.6. The van der Waals surface area contributed by atoms with E-state index in [0.717, 1.165) is 136 Å². The van der Waals surface area contributed by atoms with Crippen LogP contribution in [0.2, 0.25) is 0 Å². The van der Waals surface area contributed by atoms with Gasteiger partial charge >= 0.3 is 0 Å². The van der Waals surface area contributed by atoms with Crippen molar-refractivity contribution >= 4 is 11.8 Å². The molecular weight excluding hydrogens is 1000 g/mol. The lowest BCUT2D eigenvalue weighted by atomic mass is 10.1. The lowest BCUT2D eigenvalue weighted by molar-refractivity contribution is -0.124. The molecule has 0 fully saturated rings. The summed E-state index contributed by atoms with van der Waals surface area (Å²) in [5, 5.41) is 20.4. The van der Waals surface area contributed by atoms with Crippen LogP contribution in [-0.2, 0) is 9.59 Å². The van der Waals surface area contributed by atoms with Crippen LogP contribution >= 0.6 is 0 Å². The van der Waals surface area contributed by atoms with Crippen LogP contribution in [0.3, 0.4) is 0 Å². The molecule has 0 radical (unpaired) electrons. The van der Waals surface area contributed by atoms with Crippen LogP contribution in [0.25, 0.3) is 0 Å². The average molecular weight is 1150 g/mol. The quantitative estimate of drug-likeness (QED) is 0.0203. The fraction of sp³-hybridized carbons (Fsp3) is 0.910. The van der Waals surface area contributed by atoms with Gasteiger partial charge in [-0.1, -0.05) is 154 Å². The molecule has 14 nitrogen and oxygen atoms in total. The first-order valence-corrected chi connectivity index (χ1v) is 35.0. The monoisotopic (exact) mass is 1150 g/mol. The first kappa shape index (κ1) is 79.0. The summed E-state index contributed by atoms with van der Waals surface area (Å²) < 4.78 is 0. The van der Waals surface area contributed by atoms with Gasteiger partial charge in [-0.25, -0.2) is 0 Å². The molecule has 2 atom stereocenters. The molecule has 14 N–H and O–H groups in total. The minimum Gasteiger partial charge on any atom is -0.355 e. The summed E-state index contributed by atoms with van der Waals surface area (Å²) in [6.45, 7) is 20.0. The highest BCUT2D eigenvalue weighted by molar-refractivity contribution is 5.82. The molecule has 0 aliphatic heterocycles. The van der Waals surface area contributed by atoms with Crippen molar-refractivity contribution < 1.29 is 9.59 Å². The van der Waals surface area contributed by atoms with Gasteiger partial charge in [-0.3, -0.25) is 9.59 Å². The average Bonchev–Trinajstić information content (AvgIpc) is 3.47. The van der Waals surface area contributed by atoms with Gasteiger partial charge in [0.1, 0.15) is 0 Å². The fourth-order valence-corrected chi connectivity index (χ4v) is 10.6. The molecule has 0 spiro atoms. The number of allylic oxidation sites excluding steroid dienone is 4. The molecule has 480 valence electrons. The number of carbonyl (C=O) groups is 2. The maximum atomic E-state index is 13.5. The van der Waals surface area contributed by atoms with Crippen LogP contribution in [0, 0.1) is 0 Å². The van der Waals surface area contributed by atoms with Crippen LogP contribution in [0.4, 0.5) is 0 Å². The Bertz CT molecular complexity index is 1330. The Hall–Kier alpha value is -1.98. The number of nitrogens with one attached hydrogen (secondary N) is 6. The Morgan fingerprint density at radius 3 is 1.00 bits per heavy atom. The number of hydrogen-bond acceptors (Lipinski definition) is 12. The molecule has 0 bridgehead atoms. The third-order valence-corrected chi connectivity index (χ3v) is 15.8. The summed E-state index contributed by atoms with van der Waals surface area (Å²) in [6, 6.07) is -0.416. The van der Waals surface area contributed by atoms with Gasteiger partial charge in [0.05, 0.1) is 12.1 Å². The van der Waals surface area contributed by atoms with E-state index in [1.54, 1.807) is 0 Å². The summed E-state index contributed by atoms with van der Waals surface area (Å²) in [4.78, 5) is 32.2. The molecule has 14 heteroatoms. The van der Waals surface area contributed by atoms with Crippen molar-refractivity contribution in [3.05, 3.63) is 24.3 Å². The summed E-state index contributed by atoms with van der Waals surface area (Å²) in [6.07, 6.45) is 57.1. The Kier molecular flexibility index (Phi) is 65.5. The van der Waals surface area contributed by atoms with E-state index in [-0.39, 0.29) is 23.9 Å². The predicted octanol–water partition coefficient (Wildman–Crippen LogP) is 11.1. The van der Waals surface area contributed by atoms with Gasteiger partial charge in [0.25, 0.3) is 0 Å². The number of amides is 2. The van der Waals surface area contributed by atoms with E-state index < -0.39 is 0 Å². The number of unbranched alkanes of at least 4 members (excludes halogenated alkanes) is 25. The van der Waals surface area contributed by atoms with Crippen LogP contribution in [-0.4, -0.2) is 152 Å². The number of hydrogen-bond donors (Lipinski definition) is 10. The maximum absolute atomic E-state index is 13.5. The van der Waals surface area contributed by atoms with E-state index >= 15 is 0 Å². The predicted molar refractivity (Wildman–Crippen MR) is 354 cm³/mol. The second kappa shape index (κ2) is 67.2. The summed E-state index contributed by atoms with van der Waals surface area (Å²) in [7, 11) is 0. The minimum atomic E-state index is -0.222. The smallest absolute Gasteiger partial charge is 0.237 e. The summed E-state index contributed by atoms with van der Waals surface area (Å²) in [5.41, 5.74) is 22.9. The first-order chi connectivity index (χ1) is 40.0. The zero-order valence-corrected chi connectivity index (χ0v) is 53.8. The van der Waals surface area contributed by atoms with Crippen molar-refractivity contribution in [3.63, 3.8) is 0 Å². The van der Waals surface area contributed by atoms with Crippen LogP contribution in [0.5, 0.6) is 0 Å². The largest absolute Gasteiger partial charge is 0.355 e. The lowest BCUT2D eigenvalue weighted by Crippen LogP contribution is -2.46. The molecule has 81 heavy (non-hydrogen) atoms. The Morgan fingerprint density at radius 1 is 0.321 bits per heavy atom. The second-order valence-electron chi connectivity index (χ2n) is 23.6. The van der Waals surface area contributed by atoms with E-state index in [4.69, 9.17) is 22.9 Å². The lowest BCUT2D eigenvalue weighted by Gasteiger charge is -2.25. The van der Waals surface area contributed by atoms with Crippen LogP contribution in [0.1, 0.15) is 264 Å². The van der Waals surface area contributed by atoms with Crippen molar-refractivity contribution in [2.24, 2.45) is 22.9 Å². The molecule has 0 aromatic rings. The molecule has 0 aromatic heterocycles. The fourth-order valence-electron chi connectivity index (χ4n) is 10.6. The number of carbonyl (C=O) groups excluding carboxylic acids is 2. The van der Waals surface area contributed by atoms with Crippen molar-refractivity contribution in [2.75, 3.05) is 118 Å². The van der Waals surface area contributed by atoms with Gasteiger partial charge < -0.3 is 64.6 Å². The molecule has 0 rings (SSSR count). The minimum absolute atomic E-state index is 0.0928. The Labute approximate surface area is 502 Å². The van der Waals surface area contributed by atoms with E-state index in [1.807, 2.05) is 0 Å². The van der Waals surface area contributed by atoms with Gasteiger partial charge in [0, 0.05) is 13.1 Å². The highest BCUT2D eigenvalue weighted by Gasteiger charge is 2.19. The normalized spacial score (nSPS) is 12.7. The van der Waals surface area contributed by atoms with Crippen LogP contribution in [0.15, 0.2) is 24.3 Å². The number of nitrogens with zero attached hydrogens (tertiary/aromatic N) is 2. The van der Waals surface area contributed by atoms with Gasteiger partial charge in [0.2, 0.25) is 11.8 Å². The molecule has 0 aromatic carbocycles. The van der Waals surface area contributed by atoms with Crippen molar-refractivity contribution in [3.8, 4) is 0 Å². The van der Waals surface area contributed by atoms with E-state index in [2.05, 4.69) is 79.9 Å². The summed E-state index contributed by atoms with van der Waals surface area (Å²) in [5.74, 6) is 0.204. The zero-order valence-electron chi connectivity index (χ0n) is 53.8. The van der Waals surface area contributed by atoms with E-state index in [9.17, 15) is 9.59 Å². The molecular formula is C67H140N12O2. The maximum Gasteiger partial charge on any atom is 0.237 e. The number of rotatable bonds is 68. The van der Waals surface area contributed by atoms with Gasteiger partial charge in [-0.15, -0.1) is 0 Å². The molecule has 0 aliphatic rings. The third kappa shape index (κ3) is 58.2. The van der Waals surface area contributed by atoms with E-state index in [1.165, 1.54) is 193 Å². The zero-order chi connectivity index (χ0) is 58.8. The molecule has 0 saturated carbocycles. The highest BCUT2D eigenvalue weighted by atomic mass is 16.2. The first-order valence-electron chi connectivity index (χ1n) is 35.0. The number of nitrogens with two attached hydrogens (primary N) is 4. The molecule has 2 unspecified atom stereocenters. The Morgan fingerprint density at radius 2 is 0.617 bits per heavy atom. The van der Waals surface area contributed by atoms with Gasteiger partial charge in [0.15, 0.2) is 0 Å². The summed E-state index contributed by atoms with van der Waals surface area (Å²) >= 11 is 0. The van der Waals surface area contributed by atoms with Crippen LogP contribution < -0.4 is 54.8 Å². The highest BCUT2D eigenvalue weighted by Crippen LogP contribution is 2.14. The molecule has 0 aliphatic carbocycles. The molecule has 0 saturated heterocycles. The van der Waals surface area contributed by atoms with Crippen molar-refractivity contribution in [1.82, 2.24) is 41.7 Å². The van der Waals surface area contributed by atoms with Crippen molar-refractivity contribution in [1.29, 1.82) is 0 Å². The van der Waals surface area contributed by atoms with Gasteiger partial charge in [-0.05, 0) is 240 Å². The topological polar surface area (TPSA) is 217 Å². The van der Waals surface area contributed by atoms with Crippen molar-refractivity contribution in [2.45, 2.75) is 276 Å². The molecule has 0 heterocycles. The molecule has 2 amide bonds. The Balaban J connectivity index is 5.44. The van der Waals surface area contributed by atoms with E-state index in [0.29, 0.717) is 39.3 Å². The van der Waals surface area contributed by atoms with Gasteiger partial charge in [-0.2, -0.15) is 0 Å².